The highest BCUT2D eigenvalue weighted by Crippen LogP contribution is 2.28. The van der Waals surface area contributed by atoms with Gasteiger partial charge in [0.2, 0.25) is 0 Å². The number of aryl methyl sites for hydroxylation is 1. The molecule has 0 bridgehead atoms. The highest BCUT2D eigenvalue weighted by Gasteiger charge is 2.13. The molecule has 1 aromatic carbocycles. The topological polar surface area (TPSA) is 33.4 Å². The van der Waals surface area contributed by atoms with Crippen LogP contribution < -0.4 is 0 Å². The summed E-state index contributed by atoms with van der Waals surface area (Å²) in [4.78, 5) is 0. The molecule has 0 aliphatic rings. The van der Waals surface area contributed by atoms with Gasteiger partial charge in [0.1, 0.15) is 23.3 Å². The third-order valence-electron chi connectivity index (χ3n) is 2.50. The first-order valence-electron chi connectivity index (χ1n) is 4.99. The first-order chi connectivity index (χ1) is 7.11. The van der Waals surface area contributed by atoms with E-state index in [0.717, 1.165) is 5.56 Å². The monoisotopic (exact) mass is 208 g/mol. The van der Waals surface area contributed by atoms with Crippen LogP contribution >= 0.6 is 0 Å². The van der Waals surface area contributed by atoms with E-state index in [1.54, 1.807) is 13.0 Å². The molecule has 1 atom stereocenters. The molecule has 0 amide bonds. The Balaban J connectivity index is 2.60. The zero-order valence-electron chi connectivity index (χ0n) is 8.75. The smallest absolute Gasteiger partial charge is 0.137 e. The van der Waals surface area contributed by atoms with E-state index < -0.39 is 6.10 Å². The number of rotatable bonds is 2. The number of fused-ring (bicyclic) bond motifs is 1. The summed E-state index contributed by atoms with van der Waals surface area (Å²) in [6.07, 6.45) is -0.0266. The van der Waals surface area contributed by atoms with Crippen LogP contribution in [-0.4, -0.2) is 5.11 Å². The second kappa shape index (κ2) is 3.66. The lowest BCUT2D eigenvalue weighted by molar-refractivity contribution is 0.148. The van der Waals surface area contributed by atoms with Gasteiger partial charge in [-0.25, -0.2) is 4.39 Å². The number of halogens is 1. The van der Waals surface area contributed by atoms with Crippen molar-refractivity contribution in [1.29, 1.82) is 0 Å². The van der Waals surface area contributed by atoms with Crippen LogP contribution in [0.3, 0.4) is 0 Å². The number of benzene rings is 1. The molecule has 3 heteroatoms. The quantitative estimate of drug-likeness (QED) is 0.821. The lowest BCUT2D eigenvalue weighted by atomic mass is 10.1. The Kier molecular flexibility index (Phi) is 2.49. The van der Waals surface area contributed by atoms with Crippen molar-refractivity contribution in [3.63, 3.8) is 0 Å². The second-order valence-electron chi connectivity index (χ2n) is 3.71. The molecular formula is C12H13FO2. The Bertz CT molecular complexity index is 488. The highest BCUT2D eigenvalue weighted by molar-refractivity contribution is 5.81. The maximum Gasteiger partial charge on any atom is 0.137 e. The Morgan fingerprint density at radius 2 is 2.13 bits per heavy atom. The highest BCUT2D eigenvalue weighted by atomic mass is 19.1. The standard InChI is InChI=1S/C12H13FO2/c1-3-10(14)11-6-8-5-9(13)4-7(2)12(8)15-11/h4-6,10,14H,3H2,1-2H3. The zero-order valence-corrected chi connectivity index (χ0v) is 8.75. The van der Waals surface area contributed by atoms with Crippen molar-refractivity contribution in [3.05, 3.63) is 35.3 Å². The van der Waals surface area contributed by atoms with Crippen molar-refractivity contribution in [2.75, 3.05) is 0 Å². The van der Waals surface area contributed by atoms with Crippen LogP contribution in [0.4, 0.5) is 4.39 Å². The summed E-state index contributed by atoms with van der Waals surface area (Å²) in [6, 6.07) is 4.53. The van der Waals surface area contributed by atoms with Crippen molar-refractivity contribution in [3.8, 4) is 0 Å². The third-order valence-corrected chi connectivity index (χ3v) is 2.50. The average molecular weight is 208 g/mol. The number of aliphatic hydroxyl groups excluding tert-OH is 1. The molecule has 0 fully saturated rings. The molecule has 0 saturated carbocycles. The van der Waals surface area contributed by atoms with Crippen LogP contribution in [0.1, 0.15) is 30.8 Å². The van der Waals surface area contributed by atoms with Crippen LogP contribution in [0.15, 0.2) is 22.6 Å². The normalized spacial score (nSPS) is 13.3. The lowest BCUT2D eigenvalue weighted by Gasteiger charge is -2.01. The second-order valence-corrected chi connectivity index (χ2v) is 3.71. The van der Waals surface area contributed by atoms with E-state index in [4.69, 9.17) is 4.42 Å². The predicted molar refractivity (Wildman–Crippen MR) is 56.2 cm³/mol. The number of furan rings is 1. The van der Waals surface area contributed by atoms with Gasteiger partial charge >= 0.3 is 0 Å². The van der Waals surface area contributed by atoms with Gasteiger partial charge in [0, 0.05) is 5.39 Å². The average Bonchev–Trinajstić information content (AvgIpc) is 2.60. The van der Waals surface area contributed by atoms with Gasteiger partial charge in [-0.2, -0.15) is 0 Å². The fraction of sp³-hybridized carbons (Fsp3) is 0.333. The lowest BCUT2D eigenvalue weighted by Crippen LogP contribution is -1.91. The Hall–Kier alpha value is -1.35. The van der Waals surface area contributed by atoms with Gasteiger partial charge in [-0.3, -0.25) is 0 Å². The summed E-state index contributed by atoms with van der Waals surface area (Å²) < 4.78 is 18.6. The first kappa shape index (κ1) is 10.2. The number of aliphatic hydroxyl groups is 1. The van der Waals surface area contributed by atoms with Crippen molar-refractivity contribution in [2.24, 2.45) is 0 Å². The SMILES string of the molecule is CCC(O)c1cc2cc(F)cc(C)c2o1. The van der Waals surface area contributed by atoms with E-state index in [2.05, 4.69) is 0 Å². The van der Waals surface area contributed by atoms with E-state index in [-0.39, 0.29) is 5.82 Å². The molecule has 2 nitrogen and oxygen atoms in total. The maximum absolute atomic E-state index is 13.1. The molecule has 1 heterocycles. The molecule has 0 aliphatic heterocycles. The fourth-order valence-corrected chi connectivity index (χ4v) is 1.67. The molecule has 15 heavy (non-hydrogen) atoms. The summed E-state index contributed by atoms with van der Waals surface area (Å²) in [7, 11) is 0. The molecule has 2 rings (SSSR count). The Morgan fingerprint density at radius 1 is 1.40 bits per heavy atom. The largest absolute Gasteiger partial charge is 0.458 e. The van der Waals surface area contributed by atoms with Crippen LogP contribution in [0.25, 0.3) is 11.0 Å². The van der Waals surface area contributed by atoms with Crippen molar-refractivity contribution in [2.45, 2.75) is 26.4 Å². The molecular weight excluding hydrogens is 195 g/mol. The number of hydrogen-bond acceptors (Lipinski definition) is 2. The van der Waals surface area contributed by atoms with Crippen LogP contribution in [0.2, 0.25) is 0 Å². The molecule has 0 aliphatic carbocycles. The van der Waals surface area contributed by atoms with Gasteiger partial charge in [-0.1, -0.05) is 6.92 Å². The molecule has 80 valence electrons. The summed E-state index contributed by atoms with van der Waals surface area (Å²) in [6.45, 7) is 3.66. The van der Waals surface area contributed by atoms with Gasteiger partial charge in [0.15, 0.2) is 0 Å². The van der Waals surface area contributed by atoms with Crippen LogP contribution in [-0.2, 0) is 0 Å². The van der Waals surface area contributed by atoms with E-state index in [1.807, 2.05) is 6.92 Å². The van der Waals surface area contributed by atoms with E-state index >= 15 is 0 Å². The zero-order chi connectivity index (χ0) is 11.0. The summed E-state index contributed by atoms with van der Waals surface area (Å²) in [5.74, 6) is 0.222. The minimum Gasteiger partial charge on any atom is -0.458 e. The van der Waals surface area contributed by atoms with Crippen LogP contribution in [0.5, 0.6) is 0 Å². The van der Waals surface area contributed by atoms with Gasteiger partial charge in [0.05, 0.1) is 0 Å². The first-order valence-corrected chi connectivity index (χ1v) is 4.99. The van der Waals surface area contributed by atoms with E-state index in [0.29, 0.717) is 23.2 Å². The van der Waals surface area contributed by atoms with Gasteiger partial charge in [-0.05, 0) is 37.1 Å². The minimum atomic E-state index is -0.611. The van der Waals surface area contributed by atoms with E-state index in [1.165, 1.54) is 12.1 Å². The number of hydrogen-bond donors (Lipinski definition) is 1. The van der Waals surface area contributed by atoms with Crippen LogP contribution in [0, 0.1) is 12.7 Å². The molecule has 0 radical (unpaired) electrons. The molecule has 2 aromatic rings. The van der Waals surface area contributed by atoms with Crippen molar-refractivity contribution in [1.82, 2.24) is 0 Å². The Morgan fingerprint density at radius 3 is 2.80 bits per heavy atom. The predicted octanol–water partition coefficient (Wildman–Crippen LogP) is 3.32. The molecule has 0 spiro atoms. The van der Waals surface area contributed by atoms with Gasteiger partial charge in [-0.15, -0.1) is 0 Å². The van der Waals surface area contributed by atoms with E-state index in [9.17, 15) is 9.50 Å². The molecule has 0 saturated heterocycles. The van der Waals surface area contributed by atoms with Gasteiger partial charge < -0.3 is 9.52 Å². The molecule has 1 N–H and O–H groups in total. The van der Waals surface area contributed by atoms with Crippen molar-refractivity contribution >= 4 is 11.0 Å². The minimum absolute atomic E-state index is 0.279. The summed E-state index contributed by atoms with van der Waals surface area (Å²) in [5, 5.41) is 10.3. The fourth-order valence-electron chi connectivity index (χ4n) is 1.67. The summed E-state index contributed by atoms with van der Waals surface area (Å²) >= 11 is 0. The molecule has 1 unspecified atom stereocenters. The van der Waals surface area contributed by atoms with Crippen molar-refractivity contribution < 1.29 is 13.9 Å². The maximum atomic E-state index is 13.1. The van der Waals surface area contributed by atoms with Gasteiger partial charge in [0.25, 0.3) is 0 Å². The third kappa shape index (κ3) is 1.75. The molecule has 1 aromatic heterocycles. The summed E-state index contributed by atoms with van der Waals surface area (Å²) in [5.41, 5.74) is 1.40. The Labute approximate surface area is 87.3 Å².